The van der Waals surface area contributed by atoms with Crippen molar-refractivity contribution in [1.82, 2.24) is 10.2 Å². The van der Waals surface area contributed by atoms with E-state index in [-0.39, 0.29) is 18.5 Å². The maximum atomic E-state index is 13.2. The first-order chi connectivity index (χ1) is 12.2. The number of nitrogens with zero attached hydrogens (tertiary/aromatic N) is 1. The van der Waals surface area contributed by atoms with Gasteiger partial charge in [-0.2, -0.15) is 13.2 Å². The van der Waals surface area contributed by atoms with Crippen LogP contribution in [0.1, 0.15) is 56.9 Å². The lowest BCUT2D eigenvalue weighted by atomic mass is 10.1. The summed E-state index contributed by atoms with van der Waals surface area (Å²) in [6.45, 7) is 3.63. The van der Waals surface area contributed by atoms with Gasteiger partial charge in [-0.3, -0.25) is 9.59 Å². The summed E-state index contributed by atoms with van der Waals surface area (Å²) < 4.78 is 39.5. The molecule has 2 rings (SSSR count). The third kappa shape index (κ3) is 5.46. The molecule has 1 atom stereocenters. The number of rotatable bonds is 7. The fraction of sp³-hybridized carbons (Fsp3) is 0.667. The number of nitrogens with one attached hydrogen (secondary N) is 1. The lowest BCUT2D eigenvalue weighted by Gasteiger charge is -2.32. The lowest BCUT2D eigenvalue weighted by molar-refractivity contribution is -0.188. The summed E-state index contributed by atoms with van der Waals surface area (Å²) in [5, 5.41) is 4.55. The van der Waals surface area contributed by atoms with Crippen LogP contribution in [0, 0.1) is 5.92 Å². The van der Waals surface area contributed by atoms with E-state index < -0.39 is 24.0 Å². The molecule has 0 radical (unpaired) electrons. The normalized spacial score (nSPS) is 16.7. The summed E-state index contributed by atoms with van der Waals surface area (Å²) in [7, 11) is 0. The Hall–Kier alpha value is -1.57. The Morgan fingerprint density at radius 3 is 2.46 bits per heavy atom. The average molecular weight is 390 g/mol. The van der Waals surface area contributed by atoms with Gasteiger partial charge in [0, 0.05) is 17.5 Å². The molecular formula is C18H25F3N2O2S. The molecular weight excluding hydrogens is 365 g/mol. The highest BCUT2D eigenvalue weighted by Gasteiger charge is 2.46. The van der Waals surface area contributed by atoms with Crippen molar-refractivity contribution in [2.45, 2.75) is 64.2 Å². The van der Waals surface area contributed by atoms with Crippen LogP contribution in [0.5, 0.6) is 0 Å². The van der Waals surface area contributed by atoms with Gasteiger partial charge in [0.2, 0.25) is 5.91 Å². The van der Waals surface area contributed by atoms with Crippen LogP contribution in [-0.4, -0.2) is 35.5 Å². The SMILES string of the molecule is CC(C)CCN(C(=O)C(F)(F)F)[C@@H](C(=O)NC1CCCC1)c1cccs1. The van der Waals surface area contributed by atoms with Crippen LogP contribution >= 0.6 is 11.3 Å². The molecule has 1 saturated carbocycles. The molecule has 2 amide bonds. The lowest BCUT2D eigenvalue weighted by Crippen LogP contribution is -2.50. The molecule has 0 aliphatic heterocycles. The van der Waals surface area contributed by atoms with Gasteiger partial charge in [0.25, 0.3) is 0 Å². The standard InChI is InChI=1S/C18H25F3N2O2S/c1-12(2)9-10-23(17(25)18(19,20)21)15(14-8-5-11-26-14)16(24)22-13-6-3-4-7-13/h5,8,11-13,15H,3-4,6-7,9-10H2,1-2H3,(H,22,24)/t15-/m1/s1. The number of hydrogen-bond donors (Lipinski definition) is 1. The molecule has 8 heteroatoms. The molecule has 1 aliphatic rings. The second-order valence-electron chi connectivity index (χ2n) is 7.09. The number of amides is 2. The van der Waals surface area contributed by atoms with E-state index in [4.69, 9.17) is 0 Å². The van der Waals surface area contributed by atoms with Crippen molar-refractivity contribution in [3.05, 3.63) is 22.4 Å². The van der Waals surface area contributed by atoms with Crippen molar-refractivity contribution in [1.29, 1.82) is 0 Å². The molecule has 0 aromatic carbocycles. The van der Waals surface area contributed by atoms with Crippen LogP contribution in [0.3, 0.4) is 0 Å². The topological polar surface area (TPSA) is 49.4 Å². The summed E-state index contributed by atoms with van der Waals surface area (Å²) in [6, 6.07) is 2.01. The molecule has 1 aromatic heterocycles. The molecule has 0 saturated heterocycles. The predicted molar refractivity (Wildman–Crippen MR) is 94.7 cm³/mol. The second-order valence-corrected chi connectivity index (χ2v) is 8.07. The highest BCUT2D eigenvalue weighted by atomic mass is 32.1. The van der Waals surface area contributed by atoms with E-state index >= 15 is 0 Å². The molecule has 0 unspecified atom stereocenters. The third-order valence-electron chi connectivity index (χ3n) is 4.52. The second kappa shape index (κ2) is 8.88. The van der Waals surface area contributed by atoms with Crippen molar-refractivity contribution in [2.75, 3.05) is 6.54 Å². The minimum absolute atomic E-state index is 0.0297. The molecule has 4 nitrogen and oxygen atoms in total. The Labute approximate surface area is 155 Å². The molecule has 146 valence electrons. The number of carbonyl (C=O) groups excluding carboxylic acids is 2. The van der Waals surface area contributed by atoms with Gasteiger partial charge in [0.15, 0.2) is 0 Å². The first-order valence-corrected chi connectivity index (χ1v) is 9.79. The maximum Gasteiger partial charge on any atom is 0.471 e. The Morgan fingerprint density at radius 1 is 1.31 bits per heavy atom. The minimum Gasteiger partial charge on any atom is -0.351 e. The third-order valence-corrected chi connectivity index (χ3v) is 5.45. The fourth-order valence-electron chi connectivity index (χ4n) is 3.13. The summed E-state index contributed by atoms with van der Waals surface area (Å²) in [5.41, 5.74) is 0. The Balaban J connectivity index is 2.30. The van der Waals surface area contributed by atoms with Crippen LogP contribution in [0.15, 0.2) is 17.5 Å². The van der Waals surface area contributed by atoms with Crippen LogP contribution in [0.25, 0.3) is 0 Å². The van der Waals surface area contributed by atoms with Gasteiger partial charge in [0.1, 0.15) is 6.04 Å². The van der Waals surface area contributed by atoms with Gasteiger partial charge in [-0.25, -0.2) is 0 Å². The van der Waals surface area contributed by atoms with E-state index in [2.05, 4.69) is 5.32 Å². The average Bonchev–Trinajstić information content (AvgIpc) is 3.22. The first-order valence-electron chi connectivity index (χ1n) is 8.91. The summed E-state index contributed by atoms with van der Waals surface area (Å²) >= 11 is 1.19. The summed E-state index contributed by atoms with van der Waals surface area (Å²) in [5.74, 6) is -2.38. The molecule has 1 heterocycles. The van der Waals surface area contributed by atoms with Crippen molar-refractivity contribution in [3.8, 4) is 0 Å². The van der Waals surface area contributed by atoms with Gasteiger partial charge >= 0.3 is 12.1 Å². The molecule has 1 fully saturated rings. The van der Waals surface area contributed by atoms with Gasteiger partial charge in [0.05, 0.1) is 0 Å². The van der Waals surface area contributed by atoms with Gasteiger partial charge in [-0.05, 0) is 36.6 Å². The zero-order chi connectivity index (χ0) is 19.3. The van der Waals surface area contributed by atoms with E-state index in [1.54, 1.807) is 17.5 Å². The Kier molecular flexibility index (Phi) is 7.08. The van der Waals surface area contributed by atoms with E-state index in [0.717, 1.165) is 25.7 Å². The number of alkyl halides is 3. The van der Waals surface area contributed by atoms with Crippen molar-refractivity contribution >= 4 is 23.2 Å². The van der Waals surface area contributed by atoms with Gasteiger partial charge in [-0.15, -0.1) is 11.3 Å². The zero-order valence-corrected chi connectivity index (χ0v) is 15.8. The molecule has 1 aliphatic carbocycles. The summed E-state index contributed by atoms with van der Waals surface area (Å²) in [4.78, 5) is 26.1. The zero-order valence-electron chi connectivity index (χ0n) is 15.0. The predicted octanol–water partition coefficient (Wildman–Crippen LogP) is 4.29. The van der Waals surface area contributed by atoms with Crippen LogP contribution in [0.2, 0.25) is 0 Å². The molecule has 26 heavy (non-hydrogen) atoms. The highest BCUT2D eigenvalue weighted by molar-refractivity contribution is 7.10. The van der Waals surface area contributed by atoms with E-state index in [1.807, 2.05) is 13.8 Å². The quantitative estimate of drug-likeness (QED) is 0.755. The summed E-state index contributed by atoms with van der Waals surface area (Å²) in [6.07, 6.45) is -0.995. The Bertz CT molecular complexity index is 596. The van der Waals surface area contributed by atoms with Crippen LogP contribution < -0.4 is 5.32 Å². The molecule has 0 spiro atoms. The monoisotopic (exact) mass is 390 g/mol. The van der Waals surface area contributed by atoms with Crippen molar-refractivity contribution in [2.24, 2.45) is 5.92 Å². The largest absolute Gasteiger partial charge is 0.471 e. The molecule has 1 N–H and O–H groups in total. The number of hydrogen-bond acceptors (Lipinski definition) is 3. The van der Waals surface area contributed by atoms with Gasteiger partial charge < -0.3 is 10.2 Å². The van der Waals surface area contributed by atoms with Crippen molar-refractivity contribution in [3.63, 3.8) is 0 Å². The van der Waals surface area contributed by atoms with Crippen molar-refractivity contribution < 1.29 is 22.8 Å². The minimum atomic E-state index is -5.01. The fourth-order valence-corrected chi connectivity index (χ4v) is 3.96. The highest BCUT2D eigenvalue weighted by Crippen LogP contribution is 2.31. The molecule has 1 aromatic rings. The number of carbonyl (C=O) groups is 2. The van der Waals surface area contributed by atoms with E-state index in [9.17, 15) is 22.8 Å². The van der Waals surface area contributed by atoms with Crippen LogP contribution in [-0.2, 0) is 9.59 Å². The molecule has 0 bridgehead atoms. The van der Waals surface area contributed by atoms with E-state index in [1.165, 1.54) is 11.3 Å². The van der Waals surface area contributed by atoms with Crippen LogP contribution in [0.4, 0.5) is 13.2 Å². The van der Waals surface area contributed by atoms with Gasteiger partial charge in [-0.1, -0.05) is 32.8 Å². The van der Waals surface area contributed by atoms with E-state index in [0.29, 0.717) is 16.2 Å². The number of thiophene rings is 1. The number of halogens is 3. The smallest absolute Gasteiger partial charge is 0.351 e. The maximum absolute atomic E-state index is 13.2. The Morgan fingerprint density at radius 2 is 1.96 bits per heavy atom. The first kappa shape index (κ1) is 20.7.